The Kier molecular flexibility index (Phi) is 5.00. The number of aryl methyl sites for hydroxylation is 1. The summed E-state index contributed by atoms with van der Waals surface area (Å²) >= 11 is 3.43. The molecule has 16 heavy (non-hydrogen) atoms. The van der Waals surface area contributed by atoms with Gasteiger partial charge in [-0.05, 0) is 43.0 Å². The molecule has 88 valence electrons. The maximum Gasteiger partial charge on any atom is 0.310 e. The molecule has 0 atom stereocenters. The van der Waals surface area contributed by atoms with Crippen LogP contribution in [0.1, 0.15) is 29.2 Å². The van der Waals surface area contributed by atoms with E-state index >= 15 is 0 Å². The van der Waals surface area contributed by atoms with Crippen molar-refractivity contribution in [2.24, 2.45) is 0 Å². The summed E-state index contributed by atoms with van der Waals surface area (Å²) in [5, 5.41) is 0.809. The molecule has 0 aliphatic rings. The molecule has 1 aromatic carbocycles. The van der Waals surface area contributed by atoms with E-state index in [0.717, 1.165) is 10.9 Å². The third kappa shape index (κ3) is 3.34. The predicted molar refractivity (Wildman–Crippen MR) is 68.9 cm³/mol. The quantitative estimate of drug-likeness (QED) is 0.626. The van der Waals surface area contributed by atoms with Crippen molar-refractivity contribution in [3.05, 3.63) is 34.4 Å². The molecule has 3 heteroatoms. The van der Waals surface area contributed by atoms with Crippen LogP contribution in [0.5, 0.6) is 0 Å². The van der Waals surface area contributed by atoms with Gasteiger partial charge in [0.1, 0.15) is 0 Å². The number of rotatable bonds is 4. The van der Waals surface area contributed by atoms with E-state index in [1.165, 1.54) is 16.7 Å². The van der Waals surface area contributed by atoms with Gasteiger partial charge < -0.3 is 4.74 Å². The highest BCUT2D eigenvalue weighted by Gasteiger charge is 2.09. The van der Waals surface area contributed by atoms with E-state index in [1.807, 2.05) is 13.8 Å². The molecule has 0 bridgehead atoms. The number of hydrogen-bond acceptors (Lipinski definition) is 2. The minimum Gasteiger partial charge on any atom is -0.466 e. The fraction of sp³-hybridized carbons (Fsp3) is 0.462. The van der Waals surface area contributed by atoms with Crippen LogP contribution in [0.3, 0.4) is 0 Å². The molecular formula is C13H17BrO2. The Morgan fingerprint density at radius 2 is 2.06 bits per heavy atom. The molecule has 0 radical (unpaired) electrons. The van der Waals surface area contributed by atoms with E-state index in [9.17, 15) is 4.79 Å². The summed E-state index contributed by atoms with van der Waals surface area (Å²) in [6.07, 6.45) is 0.362. The van der Waals surface area contributed by atoms with Gasteiger partial charge in [-0.3, -0.25) is 4.79 Å². The second-order valence-corrected chi connectivity index (χ2v) is 4.37. The smallest absolute Gasteiger partial charge is 0.310 e. The summed E-state index contributed by atoms with van der Waals surface area (Å²) in [6.45, 7) is 6.37. The number of hydrogen-bond donors (Lipinski definition) is 0. The number of ether oxygens (including phenoxy) is 1. The first-order valence-corrected chi connectivity index (χ1v) is 6.51. The van der Waals surface area contributed by atoms with Crippen LogP contribution in [-0.2, 0) is 21.3 Å². The SMILES string of the molecule is CCOC(=O)Cc1cc(CBr)cc(C)c1C. The van der Waals surface area contributed by atoms with Crippen LogP contribution in [0.15, 0.2) is 12.1 Å². The lowest BCUT2D eigenvalue weighted by molar-refractivity contribution is -0.142. The molecule has 0 saturated heterocycles. The van der Waals surface area contributed by atoms with Crippen LogP contribution in [0.4, 0.5) is 0 Å². The lowest BCUT2D eigenvalue weighted by Crippen LogP contribution is -2.09. The van der Waals surface area contributed by atoms with Gasteiger partial charge in [0, 0.05) is 5.33 Å². The Hall–Kier alpha value is -0.830. The highest BCUT2D eigenvalue weighted by molar-refractivity contribution is 9.08. The van der Waals surface area contributed by atoms with Crippen LogP contribution in [-0.4, -0.2) is 12.6 Å². The second-order valence-electron chi connectivity index (χ2n) is 3.81. The van der Waals surface area contributed by atoms with Crippen LogP contribution in [0.2, 0.25) is 0 Å². The van der Waals surface area contributed by atoms with E-state index < -0.39 is 0 Å². The lowest BCUT2D eigenvalue weighted by Gasteiger charge is -2.10. The standard InChI is InChI=1S/C13H17BrO2/c1-4-16-13(15)7-12-6-11(8-14)5-9(2)10(12)3/h5-6H,4,7-8H2,1-3H3. The zero-order valence-electron chi connectivity index (χ0n) is 9.97. The van der Waals surface area contributed by atoms with E-state index in [-0.39, 0.29) is 5.97 Å². The van der Waals surface area contributed by atoms with Crippen molar-refractivity contribution >= 4 is 21.9 Å². The minimum atomic E-state index is -0.156. The Morgan fingerprint density at radius 3 is 2.62 bits per heavy atom. The van der Waals surface area contributed by atoms with E-state index in [1.54, 1.807) is 0 Å². The Balaban J connectivity index is 2.94. The van der Waals surface area contributed by atoms with Gasteiger partial charge in [-0.2, -0.15) is 0 Å². The molecule has 0 aliphatic carbocycles. The molecule has 0 fully saturated rings. The van der Waals surface area contributed by atoms with Crippen LogP contribution in [0.25, 0.3) is 0 Å². The number of esters is 1. The average Bonchev–Trinajstić information content (AvgIpc) is 2.24. The largest absolute Gasteiger partial charge is 0.466 e. The Morgan fingerprint density at radius 1 is 1.38 bits per heavy atom. The fourth-order valence-electron chi connectivity index (χ4n) is 1.64. The Labute approximate surface area is 105 Å². The summed E-state index contributed by atoms with van der Waals surface area (Å²) in [5.41, 5.74) is 4.66. The van der Waals surface area contributed by atoms with Crippen molar-refractivity contribution in [3.8, 4) is 0 Å². The molecule has 0 amide bonds. The van der Waals surface area contributed by atoms with Gasteiger partial charge in [-0.15, -0.1) is 0 Å². The molecule has 0 saturated carbocycles. The van der Waals surface area contributed by atoms with E-state index in [4.69, 9.17) is 4.74 Å². The number of halogens is 1. The first-order chi connectivity index (χ1) is 7.58. The van der Waals surface area contributed by atoms with Gasteiger partial charge in [0.15, 0.2) is 0 Å². The van der Waals surface area contributed by atoms with Crippen molar-refractivity contribution in [2.45, 2.75) is 32.5 Å². The molecule has 0 unspecified atom stereocenters. The summed E-state index contributed by atoms with van der Waals surface area (Å²) in [4.78, 5) is 11.4. The highest BCUT2D eigenvalue weighted by Crippen LogP contribution is 2.19. The molecule has 2 nitrogen and oxygen atoms in total. The normalized spacial score (nSPS) is 10.2. The number of carbonyl (C=O) groups is 1. The molecule has 1 aromatic rings. The third-order valence-corrected chi connectivity index (χ3v) is 3.28. The molecule has 0 aromatic heterocycles. The number of benzene rings is 1. The third-order valence-electron chi connectivity index (χ3n) is 2.63. The Bertz CT molecular complexity index is 386. The molecule has 0 spiro atoms. The van der Waals surface area contributed by atoms with Gasteiger partial charge in [0.25, 0.3) is 0 Å². The molecular weight excluding hydrogens is 268 g/mol. The van der Waals surface area contributed by atoms with Gasteiger partial charge in [-0.1, -0.05) is 28.1 Å². The van der Waals surface area contributed by atoms with Crippen molar-refractivity contribution in [1.82, 2.24) is 0 Å². The number of alkyl halides is 1. The molecule has 0 N–H and O–H groups in total. The van der Waals surface area contributed by atoms with Gasteiger partial charge >= 0.3 is 5.97 Å². The first kappa shape index (κ1) is 13.2. The van der Waals surface area contributed by atoms with Crippen molar-refractivity contribution < 1.29 is 9.53 Å². The maximum absolute atomic E-state index is 11.4. The summed E-state index contributed by atoms with van der Waals surface area (Å²) in [7, 11) is 0. The second kappa shape index (κ2) is 6.04. The van der Waals surface area contributed by atoms with E-state index in [0.29, 0.717) is 13.0 Å². The first-order valence-electron chi connectivity index (χ1n) is 5.39. The topological polar surface area (TPSA) is 26.3 Å². The average molecular weight is 285 g/mol. The van der Waals surface area contributed by atoms with Crippen molar-refractivity contribution in [3.63, 3.8) is 0 Å². The maximum atomic E-state index is 11.4. The summed E-state index contributed by atoms with van der Waals surface area (Å²) in [5.74, 6) is -0.156. The summed E-state index contributed by atoms with van der Waals surface area (Å²) in [6, 6.07) is 4.20. The number of carbonyl (C=O) groups excluding carboxylic acids is 1. The van der Waals surface area contributed by atoms with Gasteiger partial charge in [-0.25, -0.2) is 0 Å². The van der Waals surface area contributed by atoms with Crippen LogP contribution >= 0.6 is 15.9 Å². The zero-order valence-corrected chi connectivity index (χ0v) is 11.6. The fourth-order valence-corrected chi connectivity index (χ4v) is 1.97. The predicted octanol–water partition coefficient (Wildman–Crippen LogP) is 3.30. The molecule has 0 aliphatic heterocycles. The van der Waals surface area contributed by atoms with Crippen molar-refractivity contribution in [2.75, 3.05) is 6.61 Å². The zero-order chi connectivity index (χ0) is 12.1. The lowest BCUT2D eigenvalue weighted by atomic mass is 9.98. The van der Waals surface area contributed by atoms with Crippen LogP contribution in [0, 0.1) is 13.8 Å². The van der Waals surface area contributed by atoms with Gasteiger partial charge in [0.2, 0.25) is 0 Å². The highest BCUT2D eigenvalue weighted by atomic mass is 79.9. The monoisotopic (exact) mass is 284 g/mol. The summed E-state index contributed by atoms with van der Waals surface area (Å²) < 4.78 is 4.96. The van der Waals surface area contributed by atoms with Crippen molar-refractivity contribution in [1.29, 1.82) is 0 Å². The minimum absolute atomic E-state index is 0.156. The molecule has 1 rings (SSSR count). The van der Waals surface area contributed by atoms with Gasteiger partial charge in [0.05, 0.1) is 13.0 Å². The van der Waals surface area contributed by atoms with E-state index in [2.05, 4.69) is 35.0 Å². The molecule has 0 heterocycles. The van der Waals surface area contributed by atoms with Crippen LogP contribution < -0.4 is 0 Å².